The minimum atomic E-state index is 0.257. The van der Waals surface area contributed by atoms with Gasteiger partial charge in [0, 0.05) is 5.02 Å². The molecular weight excluding hydrogens is 250 g/mol. The summed E-state index contributed by atoms with van der Waals surface area (Å²) in [7, 11) is 0. The molecule has 3 rings (SSSR count). The highest BCUT2D eigenvalue weighted by molar-refractivity contribution is 6.31. The third kappa shape index (κ3) is 2.43. The quantitative estimate of drug-likeness (QED) is 0.783. The van der Waals surface area contributed by atoms with E-state index in [1.807, 2.05) is 12.1 Å². The summed E-state index contributed by atoms with van der Waals surface area (Å²) >= 11 is 5.92. The van der Waals surface area contributed by atoms with E-state index in [4.69, 9.17) is 16.4 Å². The van der Waals surface area contributed by atoms with E-state index < -0.39 is 0 Å². The zero-order chi connectivity index (χ0) is 12.4. The minimum Gasteiger partial charge on any atom is -0.392 e. The molecule has 0 aliphatic heterocycles. The zero-order valence-electron chi connectivity index (χ0n) is 10.2. The molecular formula is C13H16ClN3O. The molecule has 0 unspecified atom stereocenters. The van der Waals surface area contributed by atoms with E-state index in [0.717, 1.165) is 23.9 Å². The number of hydrogen-bond acceptors (Lipinski definition) is 3. The van der Waals surface area contributed by atoms with Crippen LogP contribution in [0.3, 0.4) is 0 Å². The third-order valence-corrected chi connectivity index (χ3v) is 3.66. The van der Waals surface area contributed by atoms with Crippen molar-refractivity contribution in [1.82, 2.24) is 15.2 Å². The molecule has 1 aliphatic carbocycles. The first-order valence-electron chi connectivity index (χ1n) is 6.51. The first kappa shape index (κ1) is 11.8. The van der Waals surface area contributed by atoms with E-state index in [2.05, 4.69) is 10.3 Å². The first-order valence-corrected chi connectivity index (χ1v) is 6.89. The Labute approximate surface area is 111 Å². The molecule has 0 radical (unpaired) electrons. The van der Waals surface area contributed by atoms with Crippen LogP contribution < -0.4 is 4.84 Å². The Bertz CT molecular complexity index is 532. The molecule has 96 valence electrons. The fraction of sp³-hybridized carbons (Fsp3) is 0.538. The smallest absolute Gasteiger partial charge is 0.130 e. The second kappa shape index (κ2) is 5.14. The summed E-state index contributed by atoms with van der Waals surface area (Å²) in [5.74, 6) is 0. The highest BCUT2D eigenvalue weighted by Crippen LogP contribution is 2.20. The van der Waals surface area contributed by atoms with Crippen LogP contribution in [0.1, 0.15) is 38.5 Å². The second-order valence-electron chi connectivity index (χ2n) is 4.81. The Morgan fingerprint density at radius 1 is 1.17 bits per heavy atom. The largest absolute Gasteiger partial charge is 0.392 e. The molecule has 18 heavy (non-hydrogen) atoms. The molecule has 2 aromatic rings. The minimum absolute atomic E-state index is 0.257. The predicted octanol–water partition coefficient (Wildman–Crippen LogP) is 3.24. The van der Waals surface area contributed by atoms with Crippen LogP contribution in [0.25, 0.3) is 11.0 Å². The fourth-order valence-electron chi connectivity index (χ4n) is 2.44. The molecule has 0 N–H and O–H groups in total. The van der Waals surface area contributed by atoms with Crippen LogP contribution in [0, 0.1) is 0 Å². The number of hydrogen-bond donors (Lipinski definition) is 0. The van der Waals surface area contributed by atoms with Crippen molar-refractivity contribution in [1.29, 1.82) is 0 Å². The third-order valence-electron chi connectivity index (χ3n) is 3.43. The van der Waals surface area contributed by atoms with Crippen molar-refractivity contribution in [3.05, 3.63) is 23.2 Å². The number of benzene rings is 1. The Balaban J connectivity index is 1.81. The molecule has 0 atom stereocenters. The van der Waals surface area contributed by atoms with Crippen LogP contribution in [0.2, 0.25) is 5.02 Å². The highest BCUT2D eigenvalue weighted by atomic mass is 35.5. The first-order chi connectivity index (χ1) is 8.83. The topological polar surface area (TPSA) is 39.9 Å². The molecule has 1 aromatic heterocycles. The van der Waals surface area contributed by atoms with Crippen molar-refractivity contribution in [2.75, 3.05) is 0 Å². The Morgan fingerprint density at radius 2 is 1.94 bits per heavy atom. The molecule has 0 saturated heterocycles. The van der Waals surface area contributed by atoms with Gasteiger partial charge < -0.3 is 4.84 Å². The number of nitrogens with zero attached hydrogens (tertiary/aromatic N) is 3. The molecule has 1 fully saturated rings. The molecule has 1 heterocycles. The monoisotopic (exact) mass is 265 g/mol. The fourth-order valence-corrected chi connectivity index (χ4v) is 2.61. The lowest BCUT2D eigenvalue weighted by atomic mass is 10.2. The normalized spacial score (nSPS) is 17.8. The predicted molar refractivity (Wildman–Crippen MR) is 70.6 cm³/mol. The maximum atomic E-state index is 5.93. The van der Waals surface area contributed by atoms with Gasteiger partial charge >= 0.3 is 0 Å². The van der Waals surface area contributed by atoms with E-state index in [-0.39, 0.29) is 6.10 Å². The summed E-state index contributed by atoms with van der Waals surface area (Å²) in [4.78, 5) is 7.47. The van der Waals surface area contributed by atoms with Gasteiger partial charge in [0.2, 0.25) is 0 Å². The molecule has 0 bridgehead atoms. The van der Waals surface area contributed by atoms with Crippen LogP contribution in [0.5, 0.6) is 0 Å². The molecule has 0 amide bonds. The van der Waals surface area contributed by atoms with Gasteiger partial charge in [0.1, 0.15) is 17.1 Å². The molecule has 1 aliphatic rings. The van der Waals surface area contributed by atoms with Crippen molar-refractivity contribution in [3.8, 4) is 0 Å². The average Bonchev–Trinajstić information content (AvgIpc) is 2.59. The molecule has 0 spiro atoms. The van der Waals surface area contributed by atoms with E-state index in [1.54, 1.807) is 10.9 Å². The average molecular weight is 266 g/mol. The van der Waals surface area contributed by atoms with Crippen LogP contribution in [-0.2, 0) is 0 Å². The van der Waals surface area contributed by atoms with Gasteiger partial charge in [0.05, 0.1) is 0 Å². The van der Waals surface area contributed by atoms with E-state index >= 15 is 0 Å². The summed E-state index contributed by atoms with van der Waals surface area (Å²) in [5.41, 5.74) is 1.65. The zero-order valence-corrected chi connectivity index (χ0v) is 10.9. The van der Waals surface area contributed by atoms with Crippen LogP contribution >= 0.6 is 11.6 Å². The Kier molecular flexibility index (Phi) is 3.37. The van der Waals surface area contributed by atoms with Gasteiger partial charge in [-0.25, -0.2) is 0 Å². The lowest BCUT2D eigenvalue weighted by Crippen LogP contribution is -2.25. The van der Waals surface area contributed by atoms with Crippen LogP contribution in [-0.4, -0.2) is 21.3 Å². The highest BCUT2D eigenvalue weighted by Gasteiger charge is 2.16. The van der Waals surface area contributed by atoms with Crippen LogP contribution in [0.15, 0.2) is 18.2 Å². The SMILES string of the molecule is Clc1ccc2c(c1)nnn2OC1CCCCCC1. The lowest BCUT2D eigenvalue weighted by Gasteiger charge is -2.15. The van der Waals surface area contributed by atoms with Gasteiger partial charge in [-0.2, -0.15) is 0 Å². The second-order valence-corrected chi connectivity index (χ2v) is 5.25. The number of aromatic nitrogens is 3. The van der Waals surface area contributed by atoms with E-state index in [9.17, 15) is 0 Å². The summed E-state index contributed by atoms with van der Waals surface area (Å²) in [6.07, 6.45) is 7.57. The number of fused-ring (bicyclic) bond motifs is 1. The van der Waals surface area contributed by atoms with Gasteiger partial charge in [-0.05, 0) is 49.1 Å². The standard InChI is InChI=1S/C13H16ClN3O/c14-10-7-8-13-12(9-10)15-16-17(13)18-11-5-3-1-2-4-6-11/h7-9,11H,1-6H2. The maximum absolute atomic E-state index is 5.93. The molecule has 4 nitrogen and oxygen atoms in total. The molecule has 1 saturated carbocycles. The number of halogens is 1. The molecule has 1 aromatic carbocycles. The maximum Gasteiger partial charge on any atom is 0.130 e. The van der Waals surface area contributed by atoms with Crippen LogP contribution in [0.4, 0.5) is 0 Å². The summed E-state index contributed by atoms with van der Waals surface area (Å²) in [6, 6.07) is 5.53. The summed E-state index contributed by atoms with van der Waals surface area (Å²) < 4.78 is 0. The van der Waals surface area contributed by atoms with Gasteiger partial charge in [0.25, 0.3) is 0 Å². The van der Waals surface area contributed by atoms with Gasteiger partial charge in [-0.3, -0.25) is 0 Å². The van der Waals surface area contributed by atoms with Gasteiger partial charge in [0.15, 0.2) is 0 Å². The molecule has 5 heteroatoms. The van der Waals surface area contributed by atoms with E-state index in [1.165, 1.54) is 25.7 Å². The van der Waals surface area contributed by atoms with Crippen molar-refractivity contribution in [2.45, 2.75) is 44.6 Å². The Morgan fingerprint density at radius 3 is 2.72 bits per heavy atom. The van der Waals surface area contributed by atoms with Crippen molar-refractivity contribution in [2.24, 2.45) is 0 Å². The van der Waals surface area contributed by atoms with Gasteiger partial charge in [-0.1, -0.05) is 29.3 Å². The van der Waals surface area contributed by atoms with Crippen molar-refractivity contribution in [3.63, 3.8) is 0 Å². The van der Waals surface area contributed by atoms with Gasteiger partial charge in [-0.15, -0.1) is 5.10 Å². The number of rotatable bonds is 2. The Hall–Kier alpha value is -1.29. The summed E-state index contributed by atoms with van der Waals surface area (Å²) in [6.45, 7) is 0. The van der Waals surface area contributed by atoms with Crippen molar-refractivity contribution < 1.29 is 4.84 Å². The lowest BCUT2D eigenvalue weighted by molar-refractivity contribution is 0.0115. The summed E-state index contributed by atoms with van der Waals surface area (Å²) in [5, 5.41) is 8.79. The van der Waals surface area contributed by atoms with E-state index in [0.29, 0.717) is 5.02 Å². The van der Waals surface area contributed by atoms with Crippen molar-refractivity contribution >= 4 is 22.6 Å².